The van der Waals surface area contributed by atoms with E-state index in [1.54, 1.807) is 12.0 Å². The first-order valence-electron chi connectivity index (χ1n) is 9.14. The first-order chi connectivity index (χ1) is 12.8. The number of amides is 2. The second-order valence-electron chi connectivity index (χ2n) is 7.90. The molecule has 1 atom stereocenters. The molecule has 0 spiro atoms. The Morgan fingerprint density at radius 1 is 1.15 bits per heavy atom. The number of methoxy groups -OCH3 is 1. The molecule has 0 saturated carbocycles. The maximum atomic E-state index is 12.8. The van der Waals surface area contributed by atoms with Gasteiger partial charge in [0, 0.05) is 18.7 Å². The molecule has 1 fully saturated rings. The zero-order valence-corrected chi connectivity index (χ0v) is 16.3. The topological polar surface area (TPSA) is 58.6 Å². The number of anilines is 2. The Balaban J connectivity index is 1.77. The molecule has 5 heteroatoms. The number of carbonyl (C=O) groups is 2. The van der Waals surface area contributed by atoms with E-state index in [-0.39, 0.29) is 29.6 Å². The minimum absolute atomic E-state index is 0.0308. The van der Waals surface area contributed by atoms with Crippen LogP contribution in [0.2, 0.25) is 0 Å². The summed E-state index contributed by atoms with van der Waals surface area (Å²) in [5.41, 5.74) is 2.52. The fourth-order valence-electron chi connectivity index (χ4n) is 3.25. The smallest absolute Gasteiger partial charge is 0.229 e. The highest BCUT2D eigenvalue weighted by Crippen LogP contribution is 2.32. The van der Waals surface area contributed by atoms with E-state index >= 15 is 0 Å². The van der Waals surface area contributed by atoms with Gasteiger partial charge in [-0.25, -0.2) is 0 Å². The van der Waals surface area contributed by atoms with Gasteiger partial charge in [-0.3, -0.25) is 9.59 Å². The van der Waals surface area contributed by atoms with Gasteiger partial charge in [0.15, 0.2) is 0 Å². The molecule has 3 rings (SSSR count). The Labute approximate surface area is 160 Å². The number of hydrogen-bond donors (Lipinski definition) is 1. The van der Waals surface area contributed by atoms with Gasteiger partial charge in [-0.2, -0.15) is 0 Å². The molecule has 142 valence electrons. The lowest BCUT2D eigenvalue weighted by atomic mass is 9.86. The van der Waals surface area contributed by atoms with Crippen molar-refractivity contribution in [3.63, 3.8) is 0 Å². The normalized spacial score (nSPS) is 17.1. The number of benzene rings is 2. The molecule has 1 saturated heterocycles. The van der Waals surface area contributed by atoms with Crippen LogP contribution in [0.15, 0.2) is 48.5 Å². The molecule has 0 bridgehead atoms. The van der Waals surface area contributed by atoms with Gasteiger partial charge in [0.25, 0.3) is 0 Å². The molecule has 0 aliphatic carbocycles. The average Bonchev–Trinajstić information content (AvgIpc) is 3.03. The third-order valence-electron chi connectivity index (χ3n) is 4.89. The lowest BCUT2D eigenvalue weighted by Crippen LogP contribution is -2.28. The van der Waals surface area contributed by atoms with Crippen molar-refractivity contribution in [1.29, 1.82) is 0 Å². The van der Waals surface area contributed by atoms with E-state index in [9.17, 15) is 9.59 Å². The van der Waals surface area contributed by atoms with Crippen LogP contribution in [0.4, 0.5) is 11.4 Å². The summed E-state index contributed by atoms with van der Waals surface area (Å²) < 4.78 is 5.40. The van der Waals surface area contributed by atoms with Crippen LogP contribution >= 0.6 is 0 Å². The standard InChI is InChI=1S/C22H26N2O3/c1-22(2,3)16-10-11-19(27-4)18(13-16)23-21(26)15-12-20(25)24(14-15)17-8-6-5-7-9-17/h5-11,13,15H,12,14H2,1-4H3,(H,23,26)/t15-/m0/s1. The molecule has 2 aromatic carbocycles. The highest BCUT2D eigenvalue weighted by Gasteiger charge is 2.35. The molecule has 0 aromatic heterocycles. The van der Waals surface area contributed by atoms with Crippen LogP contribution in [0.1, 0.15) is 32.8 Å². The Kier molecular flexibility index (Phi) is 5.22. The molecule has 1 aliphatic heterocycles. The predicted molar refractivity (Wildman–Crippen MR) is 107 cm³/mol. The van der Waals surface area contributed by atoms with E-state index in [2.05, 4.69) is 26.1 Å². The Bertz CT molecular complexity index is 840. The summed E-state index contributed by atoms with van der Waals surface area (Å²) in [4.78, 5) is 26.9. The van der Waals surface area contributed by atoms with E-state index in [0.29, 0.717) is 18.0 Å². The average molecular weight is 366 g/mol. The van der Waals surface area contributed by atoms with Crippen LogP contribution < -0.4 is 15.0 Å². The molecule has 2 aromatic rings. The number of para-hydroxylation sites is 1. The van der Waals surface area contributed by atoms with Gasteiger partial charge in [0.1, 0.15) is 5.75 Å². The maximum absolute atomic E-state index is 12.8. The summed E-state index contributed by atoms with van der Waals surface area (Å²) in [5, 5.41) is 2.97. The van der Waals surface area contributed by atoms with Gasteiger partial charge in [-0.15, -0.1) is 0 Å². The summed E-state index contributed by atoms with van der Waals surface area (Å²) in [5.74, 6) is 0.0317. The Morgan fingerprint density at radius 2 is 1.85 bits per heavy atom. The lowest BCUT2D eigenvalue weighted by Gasteiger charge is -2.22. The van der Waals surface area contributed by atoms with E-state index < -0.39 is 0 Å². The van der Waals surface area contributed by atoms with Crippen molar-refractivity contribution in [3.05, 3.63) is 54.1 Å². The summed E-state index contributed by atoms with van der Waals surface area (Å²) in [6, 6.07) is 15.3. The van der Waals surface area contributed by atoms with Gasteiger partial charge < -0.3 is 15.0 Å². The summed E-state index contributed by atoms with van der Waals surface area (Å²) in [7, 11) is 1.58. The fourth-order valence-corrected chi connectivity index (χ4v) is 3.25. The molecule has 1 aliphatic rings. The summed E-state index contributed by atoms with van der Waals surface area (Å²) in [6.45, 7) is 6.74. The Hall–Kier alpha value is -2.82. The monoisotopic (exact) mass is 366 g/mol. The van der Waals surface area contributed by atoms with Crippen LogP contribution in [0.3, 0.4) is 0 Å². The van der Waals surface area contributed by atoms with Gasteiger partial charge >= 0.3 is 0 Å². The molecular formula is C22H26N2O3. The zero-order valence-electron chi connectivity index (χ0n) is 16.3. The van der Waals surface area contributed by atoms with Crippen molar-refractivity contribution in [2.45, 2.75) is 32.6 Å². The number of ether oxygens (including phenoxy) is 1. The summed E-state index contributed by atoms with van der Waals surface area (Å²) in [6.07, 6.45) is 0.210. The zero-order chi connectivity index (χ0) is 19.6. The van der Waals surface area contributed by atoms with E-state index in [0.717, 1.165) is 11.3 Å². The van der Waals surface area contributed by atoms with Gasteiger partial charge in [-0.05, 0) is 35.2 Å². The molecular weight excluding hydrogens is 340 g/mol. The first-order valence-corrected chi connectivity index (χ1v) is 9.14. The summed E-state index contributed by atoms with van der Waals surface area (Å²) >= 11 is 0. The molecule has 2 amide bonds. The number of rotatable bonds is 4. The molecule has 0 radical (unpaired) electrons. The van der Waals surface area contributed by atoms with Crippen molar-refractivity contribution < 1.29 is 14.3 Å². The van der Waals surface area contributed by atoms with Crippen LogP contribution in [0, 0.1) is 5.92 Å². The number of nitrogens with one attached hydrogen (secondary N) is 1. The second kappa shape index (κ2) is 7.43. The van der Waals surface area contributed by atoms with Crippen molar-refractivity contribution >= 4 is 23.2 Å². The quantitative estimate of drug-likeness (QED) is 0.890. The minimum atomic E-state index is -0.388. The molecule has 5 nitrogen and oxygen atoms in total. The molecule has 27 heavy (non-hydrogen) atoms. The van der Waals surface area contributed by atoms with Crippen molar-refractivity contribution in [3.8, 4) is 5.75 Å². The van der Waals surface area contributed by atoms with Gasteiger partial charge in [-0.1, -0.05) is 45.0 Å². The number of nitrogens with zero attached hydrogens (tertiary/aromatic N) is 1. The highest BCUT2D eigenvalue weighted by molar-refractivity contribution is 6.03. The predicted octanol–water partition coefficient (Wildman–Crippen LogP) is 3.98. The minimum Gasteiger partial charge on any atom is -0.495 e. The first kappa shape index (κ1) is 19.0. The lowest BCUT2D eigenvalue weighted by molar-refractivity contribution is -0.122. The van der Waals surface area contributed by atoms with Crippen molar-refractivity contribution in [2.24, 2.45) is 5.92 Å². The van der Waals surface area contributed by atoms with Crippen LogP contribution in [-0.4, -0.2) is 25.5 Å². The number of hydrogen-bond acceptors (Lipinski definition) is 3. The molecule has 1 heterocycles. The SMILES string of the molecule is COc1ccc(C(C)(C)C)cc1NC(=O)[C@H]1CC(=O)N(c2ccccc2)C1. The maximum Gasteiger partial charge on any atom is 0.229 e. The van der Waals surface area contributed by atoms with Crippen LogP contribution in [-0.2, 0) is 15.0 Å². The van der Waals surface area contributed by atoms with Crippen molar-refractivity contribution in [1.82, 2.24) is 0 Å². The highest BCUT2D eigenvalue weighted by atomic mass is 16.5. The fraction of sp³-hybridized carbons (Fsp3) is 0.364. The van der Waals surface area contributed by atoms with E-state index in [4.69, 9.17) is 4.74 Å². The number of carbonyl (C=O) groups excluding carboxylic acids is 2. The molecule has 1 N–H and O–H groups in total. The third kappa shape index (κ3) is 4.13. The van der Waals surface area contributed by atoms with E-state index in [1.165, 1.54) is 0 Å². The van der Waals surface area contributed by atoms with Crippen LogP contribution in [0.25, 0.3) is 0 Å². The largest absolute Gasteiger partial charge is 0.495 e. The molecule has 0 unspecified atom stereocenters. The van der Waals surface area contributed by atoms with E-state index in [1.807, 2.05) is 48.5 Å². The van der Waals surface area contributed by atoms with Crippen LogP contribution in [0.5, 0.6) is 5.75 Å². The Morgan fingerprint density at radius 3 is 2.48 bits per heavy atom. The van der Waals surface area contributed by atoms with Crippen molar-refractivity contribution in [2.75, 3.05) is 23.9 Å². The van der Waals surface area contributed by atoms with Gasteiger partial charge in [0.2, 0.25) is 11.8 Å². The second-order valence-corrected chi connectivity index (χ2v) is 7.90. The van der Waals surface area contributed by atoms with Gasteiger partial charge in [0.05, 0.1) is 18.7 Å². The third-order valence-corrected chi connectivity index (χ3v) is 4.89.